The summed E-state index contributed by atoms with van der Waals surface area (Å²) in [6, 6.07) is 0. The van der Waals surface area contributed by atoms with E-state index in [0.717, 1.165) is 122 Å². The van der Waals surface area contributed by atoms with Crippen molar-refractivity contribution in [2.75, 3.05) is 26.4 Å². The van der Waals surface area contributed by atoms with Gasteiger partial charge in [0.1, 0.15) is 12.7 Å². The van der Waals surface area contributed by atoms with E-state index in [1.54, 1.807) is 0 Å². The molecule has 0 bridgehead atoms. The molecule has 0 saturated carbocycles. The van der Waals surface area contributed by atoms with Crippen molar-refractivity contribution in [2.45, 2.75) is 238 Å². The highest BCUT2D eigenvalue weighted by atomic mass is 31.2. The van der Waals surface area contributed by atoms with E-state index >= 15 is 0 Å². The van der Waals surface area contributed by atoms with Crippen LogP contribution in [-0.4, -0.2) is 66.5 Å². The van der Waals surface area contributed by atoms with Crippen LogP contribution in [0.4, 0.5) is 0 Å². The number of hydrogen-bond acceptors (Lipinski definition) is 10. The van der Waals surface area contributed by atoms with Crippen LogP contribution in [0.2, 0.25) is 0 Å². The van der Waals surface area contributed by atoms with Gasteiger partial charge >= 0.3 is 25.7 Å². The van der Waals surface area contributed by atoms with Crippen LogP contribution in [0, 0.1) is 0 Å². The Labute approximate surface area is 402 Å². The van der Waals surface area contributed by atoms with Crippen molar-refractivity contribution in [2.24, 2.45) is 0 Å². The molecule has 0 aromatic carbocycles. The minimum Gasteiger partial charge on any atom is -0.462 e. The molecular weight excluding hydrogens is 856 g/mol. The van der Waals surface area contributed by atoms with Crippen LogP contribution in [0.25, 0.3) is 0 Å². The number of esters is 3. The Bertz CT molecular complexity index is 1340. The van der Waals surface area contributed by atoms with Crippen molar-refractivity contribution < 1.29 is 52.2 Å². The van der Waals surface area contributed by atoms with Crippen LogP contribution in [0.5, 0.6) is 0 Å². The first kappa shape index (κ1) is 63.2. The fourth-order valence-corrected chi connectivity index (χ4v) is 7.70. The Hall–Kier alpha value is -2.82. The standard InChI is InChI=1S/C54H95O11P/c1-4-7-10-13-16-19-21-22-23-24-25-26-27-28-30-33-36-39-42-45-54(58)65-51(47-61-52(56)43-40-37-34-32-29-20-17-14-11-8-5-2)49-63-66(59,60)62-48-50(46-55)64-53(57)44-41-38-35-31-18-15-12-9-6-3/h7,10,14,16-17,19,22-23,25-26,50-51,55H,4-6,8-9,11-13,15,18,20-21,24,27-49H2,1-3H3,(H,59,60)/b10-7-,17-14-,19-16-,23-22-,26-25-. The van der Waals surface area contributed by atoms with Gasteiger partial charge in [0.25, 0.3) is 0 Å². The van der Waals surface area contributed by atoms with E-state index < -0.39 is 57.8 Å². The van der Waals surface area contributed by atoms with Crippen molar-refractivity contribution in [1.29, 1.82) is 0 Å². The Balaban J connectivity index is 4.74. The first-order chi connectivity index (χ1) is 32.2. The van der Waals surface area contributed by atoms with Gasteiger partial charge in [0, 0.05) is 19.3 Å². The second kappa shape index (κ2) is 48.6. The molecule has 66 heavy (non-hydrogen) atoms. The predicted octanol–water partition coefficient (Wildman–Crippen LogP) is 14.8. The molecule has 0 heterocycles. The van der Waals surface area contributed by atoms with Gasteiger partial charge in [0.05, 0.1) is 19.8 Å². The van der Waals surface area contributed by atoms with Gasteiger partial charge < -0.3 is 24.2 Å². The summed E-state index contributed by atoms with van der Waals surface area (Å²) in [6.45, 7) is 4.43. The summed E-state index contributed by atoms with van der Waals surface area (Å²) in [5.41, 5.74) is 0. The maximum atomic E-state index is 12.8. The van der Waals surface area contributed by atoms with Crippen LogP contribution >= 0.6 is 7.82 Å². The van der Waals surface area contributed by atoms with Crippen molar-refractivity contribution in [3.8, 4) is 0 Å². The summed E-state index contributed by atoms with van der Waals surface area (Å²) in [7, 11) is -4.74. The summed E-state index contributed by atoms with van der Waals surface area (Å²) in [5.74, 6) is -1.49. The molecule has 0 rings (SSSR count). The van der Waals surface area contributed by atoms with E-state index in [9.17, 15) is 28.9 Å². The average Bonchev–Trinajstić information content (AvgIpc) is 3.30. The monoisotopic (exact) mass is 951 g/mol. The number of phosphoric acid groups is 1. The molecule has 0 saturated heterocycles. The smallest absolute Gasteiger partial charge is 0.462 e. The second-order valence-corrected chi connectivity index (χ2v) is 18.8. The lowest BCUT2D eigenvalue weighted by molar-refractivity contribution is -0.161. The lowest BCUT2D eigenvalue weighted by Gasteiger charge is -2.21. The highest BCUT2D eigenvalue weighted by molar-refractivity contribution is 7.47. The van der Waals surface area contributed by atoms with Crippen LogP contribution in [0.3, 0.4) is 0 Å². The zero-order valence-electron chi connectivity index (χ0n) is 41.9. The van der Waals surface area contributed by atoms with Gasteiger partial charge in [-0.25, -0.2) is 4.57 Å². The number of rotatable bonds is 48. The zero-order valence-corrected chi connectivity index (χ0v) is 42.8. The van der Waals surface area contributed by atoms with Crippen LogP contribution in [0.1, 0.15) is 226 Å². The zero-order chi connectivity index (χ0) is 48.4. The summed E-state index contributed by atoms with van der Waals surface area (Å²) in [6.07, 6.45) is 50.5. The number of aliphatic hydroxyl groups excluding tert-OH is 1. The van der Waals surface area contributed by atoms with Crippen molar-refractivity contribution in [1.82, 2.24) is 0 Å². The maximum Gasteiger partial charge on any atom is 0.472 e. The van der Waals surface area contributed by atoms with Gasteiger partial charge in [-0.3, -0.25) is 23.4 Å². The number of aliphatic hydroxyl groups is 1. The molecule has 0 aliphatic carbocycles. The number of phosphoric ester groups is 1. The number of carbonyl (C=O) groups is 3. The first-order valence-corrected chi connectivity index (χ1v) is 27.7. The number of allylic oxidation sites excluding steroid dienone is 10. The molecule has 12 heteroatoms. The molecular formula is C54H95O11P. The number of hydrogen-bond donors (Lipinski definition) is 2. The first-order valence-electron chi connectivity index (χ1n) is 26.2. The highest BCUT2D eigenvalue weighted by Crippen LogP contribution is 2.43. The van der Waals surface area contributed by atoms with E-state index in [1.165, 1.54) is 44.9 Å². The molecule has 11 nitrogen and oxygen atoms in total. The molecule has 0 aromatic rings. The summed E-state index contributed by atoms with van der Waals surface area (Å²) < 4.78 is 39.3. The molecule has 2 N–H and O–H groups in total. The van der Waals surface area contributed by atoms with Crippen molar-refractivity contribution >= 4 is 25.7 Å². The molecule has 0 aromatic heterocycles. The Morgan fingerprint density at radius 1 is 0.439 bits per heavy atom. The SMILES string of the molecule is CC/C=C\C/C=C\C/C=C\C/C=C\CCCCCCCCC(=O)OC(COC(=O)CCCCCCC/C=C\CCCC)COP(=O)(O)OCC(CO)OC(=O)CCCCCCCCCCC. The minimum absolute atomic E-state index is 0.150. The number of ether oxygens (including phenoxy) is 3. The molecule has 0 amide bonds. The van der Waals surface area contributed by atoms with E-state index in [2.05, 4.69) is 81.5 Å². The van der Waals surface area contributed by atoms with Gasteiger partial charge in [-0.05, 0) is 77.0 Å². The van der Waals surface area contributed by atoms with E-state index in [4.69, 9.17) is 23.3 Å². The molecule has 0 aliphatic heterocycles. The van der Waals surface area contributed by atoms with Crippen LogP contribution in [-0.2, 0) is 42.2 Å². The Morgan fingerprint density at radius 2 is 0.803 bits per heavy atom. The topological polar surface area (TPSA) is 155 Å². The third-order valence-corrected chi connectivity index (χ3v) is 11.9. The quantitative estimate of drug-likeness (QED) is 0.0197. The van der Waals surface area contributed by atoms with Gasteiger partial charge in [-0.2, -0.15) is 0 Å². The fraction of sp³-hybridized carbons (Fsp3) is 0.759. The summed E-state index contributed by atoms with van der Waals surface area (Å²) in [4.78, 5) is 48.2. The fourth-order valence-electron chi connectivity index (χ4n) is 6.92. The molecule has 3 unspecified atom stereocenters. The van der Waals surface area contributed by atoms with Gasteiger partial charge in [0.2, 0.25) is 0 Å². The molecule has 0 spiro atoms. The Kier molecular flexibility index (Phi) is 46.6. The molecule has 0 fully saturated rings. The van der Waals surface area contributed by atoms with Gasteiger partial charge in [0.15, 0.2) is 6.10 Å². The average molecular weight is 951 g/mol. The number of carbonyl (C=O) groups excluding carboxylic acids is 3. The molecule has 3 atom stereocenters. The lowest BCUT2D eigenvalue weighted by Crippen LogP contribution is -2.30. The Morgan fingerprint density at radius 3 is 1.27 bits per heavy atom. The van der Waals surface area contributed by atoms with Crippen molar-refractivity contribution in [3.05, 3.63) is 60.8 Å². The van der Waals surface area contributed by atoms with Crippen LogP contribution < -0.4 is 0 Å². The van der Waals surface area contributed by atoms with E-state index in [1.807, 2.05) is 0 Å². The predicted molar refractivity (Wildman–Crippen MR) is 270 cm³/mol. The van der Waals surface area contributed by atoms with Crippen molar-refractivity contribution in [3.63, 3.8) is 0 Å². The minimum atomic E-state index is -4.74. The lowest BCUT2D eigenvalue weighted by atomic mass is 10.1. The molecule has 0 radical (unpaired) electrons. The van der Waals surface area contributed by atoms with Gasteiger partial charge in [-0.1, -0.05) is 191 Å². The normalized spacial score (nSPS) is 14.0. The third-order valence-electron chi connectivity index (χ3n) is 10.9. The second-order valence-electron chi connectivity index (χ2n) is 17.3. The highest BCUT2D eigenvalue weighted by Gasteiger charge is 2.28. The van der Waals surface area contributed by atoms with E-state index in [0.29, 0.717) is 19.3 Å². The molecule has 382 valence electrons. The maximum absolute atomic E-state index is 12.8. The summed E-state index contributed by atoms with van der Waals surface area (Å²) in [5, 5.41) is 9.74. The van der Waals surface area contributed by atoms with E-state index in [-0.39, 0.29) is 25.9 Å². The summed E-state index contributed by atoms with van der Waals surface area (Å²) >= 11 is 0. The molecule has 0 aliphatic rings. The third kappa shape index (κ3) is 46.3. The van der Waals surface area contributed by atoms with Gasteiger partial charge in [-0.15, -0.1) is 0 Å². The largest absolute Gasteiger partial charge is 0.472 e. The number of unbranched alkanes of at least 4 members (excludes halogenated alkanes) is 21. The van der Waals surface area contributed by atoms with Crippen LogP contribution in [0.15, 0.2) is 60.8 Å².